The first-order valence-electron chi connectivity index (χ1n) is 7.36. The number of rotatable bonds is 4. The minimum absolute atomic E-state index is 0.254. The molecular formula is C15H17F3O5S. The van der Waals surface area contributed by atoms with Gasteiger partial charge in [0.2, 0.25) is 0 Å². The summed E-state index contributed by atoms with van der Waals surface area (Å²) in [6.45, 7) is 1.30. The Kier molecular flexibility index (Phi) is 5.54. The molecule has 0 bridgehead atoms. The summed E-state index contributed by atoms with van der Waals surface area (Å²) in [5.74, 6) is -0.392. The number of hydrogen-bond acceptors (Lipinski definition) is 5. The van der Waals surface area contributed by atoms with Crippen LogP contribution in [0.2, 0.25) is 0 Å². The SMILES string of the molecule is CC(=O)OC1CCC(OS(=O)(=O)c2ccc(C(F)(F)F)cc2)CC1. The van der Waals surface area contributed by atoms with Gasteiger partial charge in [0.25, 0.3) is 10.1 Å². The van der Waals surface area contributed by atoms with E-state index in [4.69, 9.17) is 8.92 Å². The van der Waals surface area contributed by atoms with Gasteiger partial charge in [-0.1, -0.05) is 0 Å². The normalized spacial score (nSPS) is 22.2. The van der Waals surface area contributed by atoms with Crippen molar-refractivity contribution < 1.29 is 35.3 Å². The zero-order chi connectivity index (χ0) is 18.0. The van der Waals surface area contributed by atoms with Crippen molar-refractivity contribution in [2.45, 2.75) is 55.9 Å². The monoisotopic (exact) mass is 366 g/mol. The van der Waals surface area contributed by atoms with E-state index < -0.39 is 33.9 Å². The third-order valence-electron chi connectivity index (χ3n) is 3.69. The zero-order valence-corrected chi connectivity index (χ0v) is 13.7. The second-order valence-electron chi connectivity index (χ2n) is 5.58. The average molecular weight is 366 g/mol. The highest BCUT2D eigenvalue weighted by molar-refractivity contribution is 7.86. The van der Waals surface area contributed by atoms with E-state index in [1.807, 2.05) is 0 Å². The minimum Gasteiger partial charge on any atom is -0.463 e. The molecule has 5 nitrogen and oxygen atoms in total. The Morgan fingerprint density at radius 1 is 1.04 bits per heavy atom. The number of halogens is 3. The van der Waals surface area contributed by atoms with Crippen molar-refractivity contribution in [2.75, 3.05) is 0 Å². The molecule has 1 fully saturated rings. The van der Waals surface area contributed by atoms with Gasteiger partial charge in [-0.15, -0.1) is 0 Å². The van der Waals surface area contributed by atoms with Crippen LogP contribution in [0, 0.1) is 0 Å². The van der Waals surface area contributed by atoms with Gasteiger partial charge < -0.3 is 4.74 Å². The Balaban J connectivity index is 1.98. The lowest BCUT2D eigenvalue weighted by Gasteiger charge is -2.27. The maximum absolute atomic E-state index is 12.5. The predicted octanol–water partition coefficient (Wildman–Crippen LogP) is 3.29. The van der Waals surface area contributed by atoms with Gasteiger partial charge in [0.15, 0.2) is 0 Å². The lowest BCUT2D eigenvalue weighted by Crippen LogP contribution is -2.29. The lowest BCUT2D eigenvalue weighted by atomic mass is 9.95. The third kappa shape index (κ3) is 4.94. The quantitative estimate of drug-likeness (QED) is 0.604. The summed E-state index contributed by atoms with van der Waals surface area (Å²) in [5, 5.41) is 0. The minimum atomic E-state index is -4.53. The molecule has 24 heavy (non-hydrogen) atoms. The number of esters is 1. The van der Waals surface area contributed by atoms with Crippen molar-refractivity contribution in [2.24, 2.45) is 0 Å². The van der Waals surface area contributed by atoms with E-state index in [2.05, 4.69) is 0 Å². The van der Waals surface area contributed by atoms with Crippen LogP contribution in [0.3, 0.4) is 0 Å². The molecular weight excluding hydrogens is 349 g/mol. The van der Waals surface area contributed by atoms with Gasteiger partial charge in [-0.2, -0.15) is 21.6 Å². The number of alkyl halides is 3. The molecule has 134 valence electrons. The van der Waals surface area contributed by atoms with E-state index >= 15 is 0 Å². The second-order valence-corrected chi connectivity index (χ2v) is 7.15. The third-order valence-corrected chi connectivity index (χ3v) is 5.06. The maximum Gasteiger partial charge on any atom is 0.416 e. The number of carbonyl (C=O) groups excluding carboxylic acids is 1. The Labute approximate surface area is 137 Å². The fourth-order valence-corrected chi connectivity index (χ4v) is 3.66. The summed E-state index contributed by atoms with van der Waals surface area (Å²) in [4.78, 5) is 10.6. The second kappa shape index (κ2) is 7.10. The lowest BCUT2D eigenvalue weighted by molar-refractivity contribution is -0.148. The van der Waals surface area contributed by atoms with Crippen LogP contribution >= 0.6 is 0 Å². The summed E-state index contributed by atoms with van der Waals surface area (Å²) in [7, 11) is -4.14. The molecule has 0 aliphatic heterocycles. The molecule has 1 aliphatic carbocycles. The van der Waals surface area contributed by atoms with Crippen molar-refractivity contribution >= 4 is 16.1 Å². The van der Waals surface area contributed by atoms with Crippen LogP contribution in [0.1, 0.15) is 38.2 Å². The van der Waals surface area contributed by atoms with Crippen LogP contribution < -0.4 is 0 Å². The Bertz CT molecular complexity index is 674. The molecule has 0 heterocycles. The van der Waals surface area contributed by atoms with E-state index in [0.29, 0.717) is 37.8 Å². The molecule has 0 radical (unpaired) electrons. The highest BCUT2D eigenvalue weighted by Crippen LogP contribution is 2.31. The van der Waals surface area contributed by atoms with E-state index in [-0.39, 0.29) is 11.0 Å². The topological polar surface area (TPSA) is 69.7 Å². The van der Waals surface area contributed by atoms with E-state index in [1.54, 1.807) is 0 Å². The largest absolute Gasteiger partial charge is 0.463 e. The molecule has 0 aromatic heterocycles. The zero-order valence-electron chi connectivity index (χ0n) is 12.9. The van der Waals surface area contributed by atoms with E-state index in [0.717, 1.165) is 12.1 Å². The fourth-order valence-electron chi connectivity index (χ4n) is 2.53. The first-order chi connectivity index (χ1) is 11.1. The molecule has 0 unspecified atom stereocenters. The van der Waals surface area contributed by atoms with Gasteiger partial charge in [0, 0.05) is 6.92 Å². The van der Waals surface area contributed by atoms with Crippen molar-refractivity contribution in [1.29, 1.82) is 0 Å². The van der Waals surface area contributed by atoms with Crippen molar-refractivity contribution in [3.8, 4) is 0 Å². The molecule has 0 amide bonds. The average Bonchev–Trinajstić information content (AvgIpc) is 2.48. The van der Waals surface area contributed by atoms with Gasteiger partial charge in [-0.25, -0.2) is 0 Å². The van der Waals surface area contributed by atoms with Crippen molar-refractivity contribution in [1.82, 2.24) is 0 Å². The molecule has 1 aromatic carbocycles. The van der Waals surface area contributed by atoms with E-state index in [1.165, 1.54) is 6.92 Å². The van der Waals surface area contributed by atoms with Crippen LogP contribution in [0.15, 0.2) is 29.2 Å². The Morgan fingerprint density at radius 3 is 2.00 bits per heavy atom. The predicted molar refractivity (Wildman–Crippen MR) is 77.5 cm³/mol. The summed E-state index contributed by atoms with van der Waals surface area (Å²) >= 11 is 0. The highest BCUT2D eigenvalue weighted by Gasteiger charge is 2.32. The van der Waals surface area contributed by atoms with Crippen molar-refractivity contribution in [3.05, 3.63) is 29.8 Å². The summed E-state index contributed by atoms with van der Waals surface area (Å²) in [6.07, 6.45) is -3.63. The molecule has 9 heteroatoms. The molecule has 0 N–H and O–H groups in total. The molecule has 0 atom stereocenters. The number of hydrogen-bond donors (Lipinski definition) is 0. The van der Waals surface area contributed by atoms with Gasteiger partial charge in [0.05, 0.1) is 16.6 Å². The first kappa shape index (κ1) is 18.7. The standard InChI is InChI=1S/C15H17F3O5S/c1-10(19)22-12-4-6-13(7-5-12)23-24(20,21)14-8-2-11(3-9-14)15(16,17)18/h2-3,8-9,12-13H,4-7H2,1H3. The van der Waals surface area contributed by atoms with E-state index in [9.17, 15) is 26.4 Å². The molecule has 2 rings (SSSR count). The Hall–Kier alpha value is -1.61. The van der Waals surface area contributed by atoms with Gasteiger partial charge >= 0.3 is 12.1 Å². The summed E-state index contributed by atoms with van der Waals surface area (Å²) in [6, 6.07) is 3.16. The molecule has 0 saturated heterocycles. The maximum atomic E-state index is 12.5. The smallest absolute Gasteiger partial charge is 0.416 e. The summed E-state index contributed by atoms with van der Waals surface area (Å²) < 4.78 is 71.9. The Morgan fingerprint density at radius 2 is 1.54 bits per heavy atom. The molecule has 1 aromatic rings. The number of carbonyl (C=O) groups is 1. The van der Waals surface area contributed by atoms with Crippen LogP contribution in [-0.2, 0) is 30.0 Å². The van der Waals surface area contributed by atoms with Crippen LogP contribution in [-0.4, -0.2) is 26.6 Å². The molecule has 0 spiro atoms. The number of ether oxygens (including phenoxy) is 1. The van der Waals surface area contributed by atoms with Gasteiger partial charge in [-0.3, -0.25) is 8.98 Å². The highest BCUT2D eigenvalue weighted by atomic mass is 32.2. The van der Waals surface area contributed by atoms with Crippen LogP contribution in [0.4, 0.5) is 13.2 Å². The van der Waals surface area contributed by atoms with Gasteiger partial charge in [-0.05, 0) is 49.9 Å². The number of benzene rings is 1. The summed E-state index contributed by atoms with van der Waals surface area (Å²) in [5.41, 5.74) is -0.927. The molecule has 1 aliphatic rings. The first-order valence-corrected chi connectivity index (χ1v) is 8.76. The van der Waals surface area contributed by atoms with Crippen LogP contribution in [0.25, 0.3) is 0 Å². The van der Waals surface area contributed by atoms with Gasteiger partial charge in [0.1, 0.15) is 6.10 Å². The fraction of sp³-hybridized carbons (Fsp3) is 0.533. The molecule has 1 saturated carbocycles. The van der Waals surface area contributed by atoms with Crippen molar-refractivity contribution in [3.63, 3.8) is 0 Å². The van der Waals surface area contributed by atoms with Crippen LogP contribution in [0.5, 0.6) is 0 Å².